The number of pyridine rings is 2. The summed E-state index contributed by atoms with van der Waals surface area (Å²) in [7, 11) is 0. The van der Waals surface area contributed by atoms with E-state index >= 15 is 0 Å². The highest BCUT2D eigenvalue weighted by Crippen LogP contribution is 2.32. The molecule has 1 fully saturated rings. The Kier molecular flexibility index (Phi) is 7.02. The number of nitriles is 1. The number of anilines is 1. The Bertz CT molecular complexity index is 1770. The number of aromatic nitrogens is 4. The van der Waals surface area contributed by atoms with Gasteiger partial charge in [0.05, 0.1) is 22.9 Å². The summed E-state index contributed by atoms with van der Waals surface area (Å²) in [6.07, 6.45) is 2.29. The van der Waals surface area contributed by atoms with Gasteiger partial charge >= 0.3 is 6.09 Å². The first kappa shape index (κ1) is 26.0. The average Bonchev–Trinajstić information content (AvgIpc) is 3.37. The lowest BCUT2D eigenvalue weighted by molar-refractivity contribution is 0.165. The third-order valence-electron chi connectivity index (χ3n) is 7.39. The van der Waals surface area contributed by atoms with E-state index in [9.17, 15) is 10.1 Å². The molecule has 2 aromatic carbocycles. The van der Waals surface area contributed by atoms with Crippen LogP contribution in [0.15, 0.2) is 79.0 Å². The van der Waals surface area contributed by atoms with Crippen LogP contribution in [0.2, 0.25) is 0 Å². The number of amides is 1. The molecule has 0 spiro atoms. The number of hydrogen-bond donors (Lipinski definition) is 3. The third kappa shape index (κ3) is 5.44. The number of nitrogen functional groups attached to an aromatic ring is 1. The molecule has 4 N–H and O–H groups in total. The van der Waals surface area contributed by atoms with Gasteiger partial charge in [-0.1, -0.05) is 24.3 Å². The van der Waals surface area contributed by atoms with Crippen molar-refractivity contribution in [3.05, 3.63) is 90.1 Å². The maximum absolute atomic E-state index is 10.9. The number of imidazole rings is 1. The van der Waals surface area contributed by atoms with Crippen molar-refractivity contribution < 1.29 is 9.90 Å². The monoisotopic (exact) mass is 544 g/mol. The number of carbonyl (C=O) groups is 1. The number of carboxylic acid groups (broad SMARTS) is 1. The van der Waals surface area contributed by atoms with Crippen LogP contribution in [0.5, 0.6) is 0 Å². The van der Waals surface area contributed by atoms with Crippen LogP contribution in [0.25, 0.3) is 39.5 Å². The summed E-state index contributed by atoms with van der Waals surface area (Å²) in [6, 6.07) is 25.4. The van der Waals surface area contributed by atoms with Gasteiger partial charge in [-0.05, 0) is 66.9 Å². The maximum Gasteiger partial charge on any atom is 0.404 e. The molecule has 0 unspecified atom stereocenters. The second kappa shape index (κ2) is 11.1. The number of nitrogens with two attached hydrogens (primary N) is 1. The lowest BCUT2D eigenvalue weighted by atomic mass is 10.0. The Morgan fingerprint density at radius 3 is 2.59 bits per heavy atom. The van der Waals surface area contributed by atoms with Gasteiger partial charge in [0.1, 0.15) is 11.3 Å². The number of piperidine rings is 1. The molecule has 1 aliphatic heterocycles. The molecular weight excluding hydrogens is 516 g/mol. The molecule has 10 nitrogen and oxygen atoms in total. The summed E-state index contributed by atoms with van der Waals surface area (Å²) in [4.78, 5) is 27.5. The predicted octanol–water partition coefficient (Wildman–Crippen LogP) is 4.84. The molecule has 0 bridgehead atoms. The van der Waals surface area contributed by atoms with E-state index in [1.807, 2.05) is 47.0 Å². The smallest absolute Gasteiger partial charge is 0.404 e. The highest BCUT2D eigenvalue weighted by Gasteiger charge is 2.21. The SMILES string of the molecule is N#Cc1cccc(-c2ccc3nc(-c4cccnc4N)n(-c4ccc(CN5CCC(NC(=O)O)CC5)cc4)c3n2)c1. The summed E-state index contributed by atoms with van der Waals surface area (Å²) in [6.45, 7) is 2.46. The standard InChI is InChI=1S/C31H28N8O2/c32-18-21-3-1-4-22(17-21)26-10-11-27-30(36-26)39(29(37-27)25-5-2-14-34-28(25)33)24-8-6-20(7-9-24)19-38-15-12-23(13-16-38)35-31(40)41/h1-11,14,17,23,35H,12-13,15-16,19H2,(H2,33,34)(H,40,41). The van der Waals surface area contributed by atoms with Crippen LogP contribution >= 0.6 is 0 Å². The van der Waals surface area contributed by atoms with Gasteiger partial charge in [-0.3, -0.25) is 9.47 Å². The highest BCUT2D eigenvalue weighted by molar-refractivity contribution is 5.84. The molecule has 10 heteroatoms. The maximum atomic E-state index is 10.9. The topological polar surface area (TPSA) is 146 Å². The Morgan fingerprint density at radius 2 is 1.85 bits per heavy atom. The summed E-state index contributed by atoms with van der Waals surface area (Å²) in [5, 5.41) is 20.9. The Balaban J connectivity index is 1.35. The van der Waals surface area contributed by atoms with E-state index in [4.69, 9.17) is 20.8 Å². The van der Waals surface area contributed by atoms with Crippen molar-refractivity contribution in [3.63, 3.8) is 0 Å². The minimum Gasteiger partial charge on any atom is -0.465 e. The van der Waals surface area contributed by atoms with E-state index in [2.05, 4.69) is 45.5 Å². The zero-order valence-electron chi connectivity index (χ0n) is 22.2. The van der Waals surface area contributed by atoms with E-state index < -0.39 is 6.09 Å². The van der Waals surface area contributed by atoms with Crippen LogP contribution in [0.3, 0.4) is 0 Å². The molecule has 1 aliphatic rings. The molecule has 5 aromatic rings. The van der Waals surface area contributed by atoms with Gasteiger partial charge in [0.25, 0.3) is 0 Å². The predicted molar refractivity (Wildman–Crippen MR) is 156 cm³/mol. The number of nitrogens with one attached hydrogen (secondary N) is 1. The molecule has 1 saturated heterocycles. The lowest BCUT2D eigenvalue weighted by Crippen LogP contribution is -2.43. The fraction of sp³-hybridized carbons (Fsp3) is 0.194. The van der Waals surface area contributed by atoms with Crippen LogP contribution in [-0.4, -0.2) is 54.8 Å². The minimum absolute atomic E-state index is 0.0127. The summed E-state index contributed by atoms with van der Waals surface area (Å²) in [5.41, 5.74) is 12.6. The largest absolute Gasteiger partial charge is 0.465 e. The van der Waals surface area contributed by atoms with Crippen molar-refractivity contribution in [2.45, 2.75) is 25.4 Å². The number of fused-ring (bicyclic) bond motifs is 1. The zero-order chi connectivity index (χ0) is 28.3. The highest BCUT2D eigenvalue weighted by atomic mass is 16.4. The van der Waals surface area contributed by atoms with E-state index in [1.54, 1.807) is 12.3 Å². The lowest BCUT2D eigenvalue weighted by Gasteiger charge is -2.31. The van der Waals surface area contributed by atoms with Crippen molar-refractivity contribution in [3.8, 4) is 34.4 Å². The van der Waals surface area contributed by atoms with Crippen LogP contribution in [0.4, 0.5) is 10.6 Å². The first-order valence-corrected chi connectivity index (χ1v) is 13.4. The van der Waals surface area contributed by atoms with Gasteiger partial charge in [0, 0.05) is 43.1 Å². The van der Waals surface area contributed by atoms with Crippen molar-refractivity contribution in [2.75, 3.05) is 18.8 Å². The van der Waals surface area contributed by atoms with Crippen molar-refractivity contribution in [1.29, 1.82) is 5.26 Å². The van der Waals surface area contributed by atoms with Gasteiger partial charge in [-0.15, -0.1) is 0 Å². The first-order chi connectivity index (χ1) is 20.0. The second-order valence-corrected chi connectivity index (χ2v) is 10.1. The number of rotatable bonds is 6. The summed E-state index contributed by atoms with van der Waals surface area (Å²) < 4.78 is 1.99. The van der Waals surface area contributed by atoms with Crippen LogP contribution in [-0.2, 0) is 6.54 Å². The van der Waals surface area contributed by atoms with Gasteiger partial charge in [0.15, 0.2) is 11.5 Å². The van der Waals surface area contributed by atoms with Crippen molar-refractivity contribution >= 4 is 23.1 Å². The quantitative estimate of drug-likeness (QED) is 0.275. The van der Waals surface area contributed by atoms with Crippen LogP contribution in [0, 0.1) is 11.3 Å². The van der Waals surface area contributed by atoms with Gasteiger partial charge < -0.3 is 16.2 Å². The molecular formula is C31H28N8O2. The van der Waals surface area contributed by atoms with E-state index in [0.29, 0.717) is 33.9 Å². The van der Waals surface area contributed by atoms with Crippen LogP contribution in [0.1, 0.15) is 24.0 Å². The normalized spacial score (nSPS) is 14.1. The molecule has 0 aliphatic carbocycles. The molecule has 0 atom stereocenters. The van der Waals surface area contributed by atoms with Crippen molar-refractivity contribution in [1.82, 2.24) is 29.7 Å². The van der Waals surface area contributed by atoms with Gasteiger partial charge in [0.2, 0.25) is 0 Å². The number of hydrogen-bond acceptors (Lipinski definition) is 7. The average molecular weight is 545 g/mol. The van der Waals surface area contributed by atoms with E-state index in [-0.39, 0.29) is 6.04 Å². The van der Waals surface area contributed by atoms with E-state index in [1.165, 1.54) is 0 Å². The fourth-order valence-electron chi connectivity index (χ4n) is 5.32. The zero-order valence-corrected chi connectivity index (χ0v) is 22.2. The van der Waals surface area contributed by atoms with Crippen LogP contribution < -0.4 is 11.1 Å². The number of likely N-dealkylation sites (tertiary alicyclic amines) is 1. The molecule has 4 heterocycles. The number of benzene rings is 2. The van der Waals surface area contributed by atoms with E-state index in [0.717, 1.165) is 55.0 Å². The molecule has 3 aromatic heterocycles. The molecule has 0 radical (unpaired) electrons. The number of nitrogens with zero attached hydrogens (tertiary/aromatic N) is 6. The molecule has 41 heavy (non-hydrogen) atoms. The second-order valence-electron chi connectivity index (χ2n) is 10.1. The molecule has 0 saturated carbocycles. The Morgan fingerprint density at radius 1 is 1.05 bits per heavy atom. The molecule has 6 rings (SSSR count). The summed E-state index contributed by atoms with van der Waals surface area (Å²) >= 11 is 0. The summed E-state index contributed by atoms with van der Waals surface area (Å²) in [5.74, 6) is 1.02. The fourth-order valence-corrected chi connectivity index (χ4v) is 5.32. The van der Waals surface area contributed by atoms with Gasteiger partial charge in [-0.25, -0.2) is 19.7 Å². The first-order valence-electron chi connectivity index (χ1n) is 13.4. The third-order valence-corrected chi connectivity index (χ3v) is 7.39. The van der Waals surface area contributed by atoms with Crippen molar-refractivity contribution in [2.24, 2.45) is 0 Å². The Labute approximate surface area is 236 Å². The minimum atomic E-state index is -0.962. The Hall–Kier alpha value is -5.27. The van der Waals surface area contributed by atoms with Gasteiger partial charge in [-0.2, -0.15) is 5.26 Å². The molecule has 204 valence electrons. The molecule has 1 amide bonds.